The maximum absolute atomic E-state index is 13.8. The standard InChI is InChI=1S/C22H32F6O2Si/c1-18-10-5-7-16(29)15(18)8-9-17(18)19(13-14-19)11-6-12-20(21(23,24)25,22(26,27)28)30-31(2,3)4/h6,12,15,17H,5,7-11,13-14H2,1-4H3/b12-6+. The Hall–Kier alpha value is -0.833. The molecule has 3 aliphatic rings. The average molecular weight is 471 g/mol. The molecular formula is C22H32F6O2Si. The summed E-state index contributed by atoms with van der Waals surface area (Å²) in [7, 11) is -3.19. The Morgan fingerprint density at radius 2 is 1.61 bits per heavy atom. The molecule has 0 saturated heterocycles. The second-order valence-corrected chi connectivity index (χ2v) is 15.4. The first-order valence-electron chi connectivity index (χ1n) is 11.0. The molecule has 178 valence electrons. The van der Waals surface area contributed by atoms with Gasteiger partial charge in [0.2, 0.25) is 0 Å². The van der Waals surface area contributed by atoms with Crippen molar-refractivity contribution >= 4 is 14.1 Å². The Morgan fingerprint density at radius 3 is 2.10 bits per heavy atom. The molecule has 0 aliphatic heterocycles. The lowest BCUT2D eigenvalue weighted by Gasteiger charge is -2.43. The SMILES string of the molecule is CC12CCCC(=O)C1CCC2C1(C/C=C/C(O[Si](C)(C)C)(C(F)(F)F)C(F)(F)F)CC1. The van der Waals surface area contributed by atoms with Crippen LogP contribution in [0.25, 0.3) is 0 Å². The Kier molecular flexibility index (Phi) is 6.08. The van der Waals surface area contributed by atoms with E-state index in [-0.39, 0.29) is 40.9 Å². The van der Waals surface area contributed by atoms with Crippen LogP contribution in [0.2, 0.25) is 19.6 Å². The number of Topliss-reactive ketones (excluding diaryl/α,β-unsaturated/α-hetero) is 1. The van der Waals surface area contributed by atoms with Crippen molar-refractivity contribution in [3.8, 4) is 0 Å². The van der Waals surface area contributed by atoms with Crippen LogP contribution in [0.15, 0.2) is 12.2 Å². The van der Waals surface area contributed by atoms with Crippen LogP contribution in [-0.4, -0.2) is 32.1 Å². The highest BCUT2D eigenvalue weighted by atomic mass is 28.4. The molecule has 0 bridgehead atoms. The third kappa shape index (κ3) is 4.37. The van der Waals surface area contributed by atoms with Gasteiger partial charge < -0.3 is 4.43 Å². The molecule has 0 amide bonds. The van der Waals surface area contributed by atoms with Gasteiger partial charge in [-0.25, -0.2) is 0 Å². The number of carbonyl (C=O) groups is 1. The van der Waals surface area contributed by atoms with Gasteiger partial charge in [0.15, 0.2) is 8.32 Å². The summed E-state index contributed by atoms with van der Waals surface area (Å²) >= 11 is 0. The molecule has 9 heteroatoms. The van der Waals surface area contributed by atoms with E-state index in [2.05, 4.69) is 6.92 Å². The fraction of sp³-hybridized carbons (Fsp3) is 0.864. The highest BCUT2D eigenvalue weighted by molar-refractivity contribution is 6.69. The molecule has 3 aliphatic carbocycles. The molecule has 0 heterocycles. The molecule has 0 spiro atoms. The van der Waals surface area contributed by atoms with Crippen LogP contribution in [0.5, 0.6) is 0 Å². The van der Waals surface area contributed by atoms with Crippen LogP contribution < -0.4 is 0 Å². The number of carbonyl (C=O) groups excluding carboxylic acids is 1. The van der Waals surface area contributed by atoms with E-state index in [9.17, 15) is 31.1 Å². The third-order valence-corrected chi connectivity index (χ3v) is 8.62. The Morgan fingerprint density at radius 1 is 1.03 bits per heavy atom. The summed E-state index contributed by atoms with van der Waals surface area (Å²) in [5, 5.41) is 0. The number of alkyl halides is 6. The van der Waals surface area contributed by atoms with E-state index in [1.807, 2.05) is 0 Å². The highest BCUT2D eigenvalue weighted by Crippen LogP contribution is 2.68. The molecule has 3 atom stereocenters. The summed E-state index contributed by atoms with van der Waals surface area (Å²) < 4.78 is 87.3. The molecule has 0 aromatic carbocycles. The minimum Gasteiger partial charge on any atom is -0.394 e. The van der Waals surface area contributed by atoms with Gasteiger partial charge >= 0.3 is 12.4 Å². The van der Waals surface area contributed by atoms with Crippen molar-refractivity contribution in [2.75, 3.05) is 0 Å². The Labute approximate surface area is 180 Å². The van der Waals surface area contributed by atoms with Gasteiger partial charge in [0.25, 0.3) is 5.60 Å². The van der Waals surface area contributed by atoms with Crippen molar-refractivity contribution in [1.29, 1.82) is 0 Å². The number of fused-ring (bicyclic) bond motifs is 1. The van der Waals surface area contributed by atoms with E-state index in [0.717, 1.165) is 44.6 Å². The van der Waals surface area contributed by atoms with Gasteiger partial charge in [0.1, 0.15) is 5.78 Å². The second-order valence-electron chi connectivity index (χ2n) is 10.9. The van der Waals surface area contributed by atoms with Crippen molar-refractivity contribution in [3.63, 3.8) is 0 Å². The van der Waals surface area contributed by atoms with E-state index in [1.54, 1.807) is 0 Å². The zero-order chi connectivity index (χ0) is 23.5. The van der Waals surface area contributed by atoms with E-state index < -0.39 is 26.3 Å². The number of hydrogen-bond acceptors (Lipinski definition) is 2. The van der Waals surface area contributed by atoms with Gasteiger partial charge in [0.05, 0.1) is 0 Å². The molecule has 0 aromatic rings. The van der Waals surface area contributed by atoms with Crippen LogP contribution in [0.4, 0.5) is 26.3 Å². The van der Waals surface area contributed by atoms with Gasteiger partial charge in [0, 0.05) is 12.3 Å². The summed E-state index contributed by atoms with van der Waals surface area (Å²) in [5.74, 6) is 0.398. The molecule has 3 rings (SSSR count). The fourth-order valence-electron chi connectivity index (χ4n) is 6.23. The van der Waals surface area contributed by atoms with Crippen molar-refractivity contribution < 1.29 is 35.6 Å². The zero-order valence-electron chi connectivity index (χ0n) is 18.6. The Balaban J connectivity index is 1.87. The number of ketones is 1. The number of hydrogen-bond donors (Lipinski definition) is 0. The normalized spacial score (nSPS) is 31.9. The van der Waals surface area contributed by atoms with E-state index in [1.165, 1.54) is 19.6 Å². The molecule has 3 saturated carbocycles. The van der Waals surface area contributed by atoms with E-state index in [0.29, 0.717) is 6.42 Å². The highest BCUT2D eigenvalue weighted by Gasteiger charge is 2.72. The van der Waals surface area contributed by atoms with E-state index in [4.69, 9.17) is 4.43 Å². The van der Waals surface area contributed by atoms with Crippen molar-refractivity contribution in [1.82, 2.24) is 0 Å². The van der Waals surface area contributed by atoms with Crippen LogP contribution in [0.1, 0.15) is 58.3 Å². The first kappa shape index (κ1) is 24.8. The van der Waals surface area contributed by atoms with E-state index >= 15 is 0 Å². The lowest BCUT2D eigenvalue weighted by atomic mass is 9.60. The maximum atomic E-state index is 13.8. The van der Waals surface area contributed by atoms with Gasteiger partial charge in [-0.05, 0) is 87.4 Å². The average Bonchev–Trinajstić information content (AvgIpc) is 3.25. The van der Waals surface area contributed by atoms with Gasteiger partial charge in [-0.2, -0.15) is 26.3 Å². The van der Waals surface area contributed by atoms with Crippen LogP contribution >= 0.6 is 0 Å². The fourth-order valence-corrected chi connectivity index (χ4v) is 7.50. The number of halogens is 6. The topological polar surface area (TPSA) is 26.3 Å². The molecule has 0 radical (unpaired) electrons. The lowest BCUT2D eigenvalue weighted by molar-refractivity contribution is -0.340. The minimum absolute atomic E-state index is 0.0210. The maximum Gasteiger partial charge on any atom is 0.429 e. The molecule has 0 N–H and O–H groups in total. The molecule has 2 nitrogen and oxygen atoms in total. The summed E-state index contributed by atoms with van der Waals surface area (Å²) in [5.41, 5.74) is -4.79. The number of rotatable bonds is 6. The summed E-state index contributed by atoms with van der Waals surface area (Å²) in [6.45, 7) is 6.04. The molecular weight excluding hydrogens is 438 g/mol. The first-order chi connectivity index (χ1) is 14.0. The Bertz CT molecular complexity index is 718. The molecule has 3 unspecified atom stereocenters. The van der Waals surface area contributed by atoms with Gasteiger partial charge in [-0.1, -0.05) is 13.0 Å². The largest absolute Gasteiger partial charge is 0.429 e. The smallest absolute Gasteiger partial charge is 0.394 e. The summed E-state index contributed by atoms with van der Waals surface area (Å²) in [4.78, 5) is 12.4. The zero-order valence-corrected chi connectivity index (χ0v) is 19.6. The monoisotopic (exact) mass is 470 g/mol. The quantitative estimate of drug-likeness (QED) is 0.233. The van der Waals surface area contributed by atoms with Gasteiger partial charge in [-0.15, -0.1) is 0 Å². The second kappa shape index (κ2) is 7.60. The first-order valence-corrected chi connectivity index (χ1v) is 14.4. The van der Waals surface area contributed by atoms with Crippen molar-refractivity contribution in [2.24, 2.45) is 22.7 Å². The molecule has 0 aromatic heterocycles. The third-order valence-electron chi connectivity index (χ3n) is 7.68. The lowest BCUT2D eigenvalue weighted by Crippen LogP contribution is -2.61. The minimum atomic E-state index is -5.61. The molecule has 31 heavy (non-hydrogen) atoms. The van der Waals surface area contributed by atoms with Crippen LogP contribution in [0.3, 0.4) is 0 Å². The summed E-state index contributed by atoms with van der Waals surface area (Å²) in [6, 6.07) is 0. The van der Waals surface area contributed by atoms with Crippen molar-refractivity contribution in [3.05, 3.63) is 12.2 Å². The van der Waals surface area contributed by atoms with Crippen LogP contribution in [0, 0.1) is 22.7 Å². The van der Waals surface area contributed by atoms with Crippen LogP contribution in [-0.2, 0) is 9.22 Å². The predicted molar refractivity (Wildman–Crippen MR) is 108 cm³/mol. The number of allylic oxidation sites excluding steroid dienone is 1. The summed E-state index contributed by atoms with van der Waals surface area (Å²) in [6.07, 6.45) is -4.38. The van der Waals surface area contributed by atoms with Crippen molar-refractivity contribution in [2.45, 2.75) is 95.9 Å². The predicted octanol–water partition coefficient (Wildman–Crippen LogP) is 7.21. The molecule has 3 fully saturated rings. The van der Waals surface area contributed by atoms with Gasteiger partial charge in [-0.3, -0.25) is 4.79 Å².